The van der Waals surface area contributed by atoms with Gasteiger partial charge in [-0.15, -0.1) is 0 Å². The van der Waals surface area contributed by atoms with Gasteiger partial charge in [-0.2, -0.15) is 4.98 Å². The number of hydrogen-bond acceptors (Lipinski definition) is 4. The first-order valence-electron chi connectivity index (χ1n) is 7.74. The van der Waals surface area contributed by atoms with Crippen molar-refractivity contribution in [3.05, 3.63) is 11.2 Å². The molecule has 5 heteroatoms. The van der Waals surface area contributed by atoms with Crippen LogP contribution in [0.2, 0.25) is 5.02 Å². The molecule has 114 valence electrons. The van der Waals surface area contributed by atoms with Gasteiger partial charge in [-0.1, -0.05) is 51.6 Å². The van der Waals surface area contributed by atoms with E-state index in [1.807, 2.05) is 0 Å². The first-order chi connectivity index (χ1) is 9.71. The lowest BCUT2D eigenvalue weighted by molar-refractivity contribution is 0.563. The molecule has 0 radical (unpaired) electrons. The SMILES string of the molecule is CCCCC(CCC)Nc1nc(NCCC)ncc1Cl. The third-order valence-corrected chi connectivity index (χ3v) is 3.44. The van der Waals surface area contributed by atoms with Crippen LogP contribution >= 0.6 is 11.6 Å². The van der Waals surface area contributed by atoms with Crippen LogP contribution in [-0.4, -0.2) is 22.6 Å². The van der Waals surface area contributed by atoms with Crippen molar-refractivity contribution in [2.75, 3.05) is 17.2 Å². The van der Waals surface area contributed by atoms with Gasteiger partial charge in [0, 0.05) is 12.6 Å². The second kappa shape index (κ2) is 9.81. The van der Waals surface area contributed by atoms with Crippen LogP contribution in [0.5, 0.6) is 0 Å². The fourth-order valence-electron chi connectivity index (χ4n) is 2.07. The third-order valence-electron chi connectivity index (χ3n) is 3.16. The average Bonchev–Trinajstić information content (AvgIpc) is 2.45. The van der Waals surface area contributed by atoms with Crippen LogP contribution in [0.1, 0.15) is 59.3 Å². The zero-order chi connectivity index (χ0) is 14.8. The lowest BCUT2D eigenvalue weighted by atomic mass is 10.1. The van der Waals surface area contributed by atoms with Crippen molar-refractivity contribution in [2.24, 2.45) is 0 Å². The van der Waals surface area contributed by atoms with Crippen molar-refractivity contribution in [3.8, 4) is 0 Å². The smallest absolute Gasteiger partial charge is 0.224 e. The van der Waals surface area contributed by atoms with Crippen molar-refractivity contribution in [3.63, 3.8) is 0 Å². The van der Waals surface area contributed by atoms with Crippen LogP contribution in [0.4, 0.5) is 11.8 Å². The van der Waals surface area contributed by atoms with Gasteiger partial charge in [-0.25, -0.2) is 4.98 Å². The van der Waals surface area contributed by atoms with Crippen molar-refractivity contribution < 1.29 is 0 Å². The Hall–Kier alpha value is -1.03. The Labute approximate surface area is 127 Å². The number of halogens is 1. The summed E-state index contributed by atoms with van der Waals surface area (Å²) in [5.41, 5.74) is 0. The fraction of sp³-hybridized carbons (Fsp3) is 0.733. The van der Waals surface area contributed by atoms with E-state index in [-0.39, 0.29) is 0 Å². The van der Waals surface area contributed by atoms with Crippen LogP contribution in [0.25, 0.3) is 0 Å². The van der Waals surface area contributed by atoms with E-state index in [0.717, 1.165) is 38.0 Å². The van der Waals surface area contributed by atoms with E-state index < -0.39 is 0 Å². The maximum atomic E-state index is 6.19. The molecule has 2 N–H and O–H groups in total. The highest BCUT2D eigenvalue weighted by Crippen LogP contribution is 2.22. The first-order valence-corrected chi connectivity index (χ1v) is 8.11. The van der Waals surface area contributed by atoms with Crippen LogP contribution in [0.15, 0.2) is 6.20 Å². The summed E-state index contributed by atoms with van der Waals surface area (Å²) in [5, 5.41) is 7.25. The van der Waals surface area contributed by atoms with Gasteiger partial charge in [0.15, 0.2) is 5.82 Å². The minimum atomic E-state index is 0.436. The van der Waals surface area contributed by atoms with Crippen molar-refractivity contribution in [1.82, 2.24) is 9.97 Å². The summed E-state index contributed by atoms with van der Waals surface area (Å²) in [7, 11) is 0. The molecule has 0 aliphatic rings. The summed E-state index contributed by atoms with van der Waals surface area (Å²) in [5.74, 6) is 1.39. The van der Waals surface area contributed by atoms with E-state index in [0.29, 0.717) is 17.0 Å². The number of unbranched alkanes of at least 4 members (excludes halogenated alkanes) is 1. The minimum absolute atomic E-state index is 0.436. The molecule has 0 aliphatic heterocycles. The summed E-state index contributed by atoms with van der Waals surface area (Å²) in [6, 6.07) is 0.436. The van der Waals surface area contributed by atoms with E-state index in [1.54, 1.807) is 6.20 Å². The Kier molecular flexibility index (Phi) is 8.35. The van der Waals surface area contributed by atoms with E-state index >= 15 is 0 Å². The molecule has 1 atom stereocenters. The molecule has 0 spiro atoms. The molecule has 1 unspecified atom stereocenters. The maximum Gasteiger partial charge on any atom is 0.224 e. The zero-order valence-electron chi connectivity index (χ0n) is 12.9. The van der Waals surface area contributed by atoms with Gasteiger partial charge in [-0.05, 0) is 19.3 Å². The summed E-state index contributed by atoms with van der Waals surface area (Å²) >= 11 is 6.19. The summed E-state index contributed by atoms with van der Waals surface area (Å²) in [6.45, 7) is 7.41. The second-order valence-corrected chi connectivity index (χ2v) is 5.50. The highest BCUT2D eigenvalue weighted by Gasteiger charge is 2.11. The summed E-state index contributed by atoms with van der Waals surface area (Å²) in [4.78, 5) is 8.67. The van der Waals surface area contributed by atoms with E-state index in [4.69, 9.17) is 11.6 Å². The summed E-state index contributed by atoms with van der Waals surface area (Å²) in [6.07, 6.45) is 8.59. The average molecular weight is 299 g/mol. The molecular formula is C15H27ClN4. The monoisotopic (exact) mass is 298 g/mol. The molecule has 0 saturated heterocycles. The molecule has 1 rings (SSSR count). The molecule has 1 aromatic heterocycles. The highest BCUT2D eigenvalue weighted by atomic mass is 35.5. The van der Waals surface area contributed by atoms with Crippen molar-refractivity contribution in [1.29, 1.82) is 0 Å². The van der Waals surface area contributed by atoms with Crippen LogP contribution < -0.4 is 10.6 Å². The Morgan fingerprint density at radius 1 is 1.15 bits per heavy atom. The minimum Gasteiger partial charge on any atom is -0.366 e. The first kappa shape index (κ1) is 17.0. The van der Waals surface area contributed by atoms with Crippen LogP contribution in [0, 0.1) is 0 Å². The molecule has 0 fully saturated rings. The Morgan fingerprint density at radius 2 is 1.95 bits per heavy atom. The zero-order valence-corrected chi connectivity index (χ0v) is 13.6. The van der Waals surface area contributed by atoms with Crippen molar-refractivity contribution in [2.45, 2.75) is 65.3 Å². The molecule has 0 saturated carbocycles. The molecule has 1 aromatic rings. The molecule has 1 heterocycles. The highest BCUT2D eigenvalue weighted by molar-refractivity contribution is 6.32. The standard InChI is InChI=1S/C15H27ClN4/c1-4-7-9-12(8-5-2)19-14-13(16)11-18-15(20-14)17-10-6-3/h11-12H,4-10H2,1-3H3,(H2,17,18,19,20). The quantitative estimate of drug-likeness (QED) is 0.656. The Balaban J connectivity index is 2.71. The topological polar surface area (TPSA) is 49.8 Å². The van der Waals surface area contributed by atoms with Gasteiger partial charge < -0.3 is 10.6 Å². The third kappa shape index (κ3) is 5.95. The number of nitrogens with zero attached hydrogens (tertiary/aromatic N) is 2. The number of aromatic nitrogens is 2. The molecule has 0 amide bonds. The van der Waals surface area contributed by atoms with Gasteiger partial charge in [0.05, 0.1) is 6.20 Å². The largest absolute Gasteiger partial charge is 0.366 e. The molecule has 0 bridgehead atoms. The normalized spacial score (nSPS) is 12.2. The molecule has 0 aromatic carbocycles. The Bertz CT molecular complexity index is 384. The second-order valence-electron chi connectivity index (χ2n) is 5.09. The number of hydrogen-bond donors (Lipinski definition) is 2. The van der Waals surface area contributed by atoms with Crippen LogP contribution in [-0.2, 0) is 0 Å². The van der Waals surface area contributed by atoms with Gasteiger partial charge in [-0.3, -0.25) is 0 Å². The molecular weight excluding hydrogens is 272 g/mol. The van der Waals surface area contributed by atoms with E-state index in [9.17, 15) is 0 Å². The number of anilines is 2. The molecule has 20 heavy (non-hydrogen) atoms. The number of nitrogens with one attached hydrogen (secondary N) is 2. The van der Waals surface area contributed by atoms with Gasteiger partial charge >= 0.3 is 0 Å². The van der Waals surface area contributed by atoms with Gasteiger partial charge in [0.1, 0.15) is 5.02 Å². The predicted octanol–water partition coefficient (Wildman–Crippen LogP) is 4.72. The van der Waals surface area contributed by atoms with Crippen LogP contribution in [0.3, 0.4) is 0 Å². The number of rotatable bonds is 10. The van der Waals surface area contributed by atoms with Crippen molar-refractivity contribution >= 4 is 23.4 Å². The predicted molar refractivity (Wildman–Crippen MR) is 87.7 cm³/mol. The maximum absolute atomic E-state index is 6.19. The Morgan fingerprint density at radius 3 is 2.60 bits per heavy atom. The summed E-state index contributed by atoms with van der Waals surface area (Å²) < 4.78 is 0. The van der Waals surface area contributed by atoms with Gasteiger partial charge in [0.2, 0.25) is 5.95 Å². The molecule has 4 nitrogen and oxygen atoms in total. The lowest BCUT2D eigenvalue weighted by Crippen LogP contribution is -2.20. The molecule has 0 aliphatic carbocycles. The van der Waals surface area contributed by atoms with E-state index in [1.165, 1.54) is 12.8 Å². The van der Waals surface area contributed by atoms with E-state index in [2.05, 4.69) is 41.4 Å². The van der Waals surface area contributed by atoms with Gasteiger partial charge in [0.25, 0.3) is 0 Å². The lowest BCUT2D eigenvalue weighted by Gasteiger charge is -2.19. The fourth-order valence-corrected chi connectivity index (χ4v) is 2.22.